The Morgan fingerprint density at radius 1 is 1.33 bits per heavy atom. The Kier molecular flexibility index (Phi) is 3.96. The molecular weight excluding hydrogens is 320 g/mol. The van der Waals surface area contributed by atoms with Gasteiger partial charge in [-0.1, -0.05) is 11.6 Å². The summed E-state index contributed by atoms with van der Waals surface area (Å²) in [6.45, 7) is 0. The van der Waals surface area contributed by atoms with Gasteiger partial charge in [-0.3, -0.25) is 14.8 Å². The summed E-state index contributed by atoms with van der Waals surface area (Å²) < 4.78 is 26.5. The SMILES string of the molecule is Nc1ncccc1S(=O)(=O)Nc1ccc(Cl)c([N+](=O)[O-])c1. The summed E-state index contributed by atoms with van der Waals surface area (Å²) in [5.74, 6) is -0.173. The Bertz CT molecular complexity index is 810. The number of nitrogen functional groups attached to an aromatic ring is 1. The van der Waals surface area contributed by atoms with Crippen molar-refractivity contribution in [1.29, 1.82) is 0 Å². The van der Waals surface area contributed by atoms with Crippen LogP contribution in [0.4, 0.5) is 17.2 Å². The number of aromatic nitrogens is 1. The van der Waals surface area contributed by atoms with Crippen molar-refractivity contribution in [3.63, 3.8) is 0 Å². The monoisotopic (exact) mass is 328 g/mol. The molecule has 0 amide bonds. The topological polar surface area (TPSA) is 128 Å². The molecule has 0 fully saturated rings. The van der Waals surface area contributed by atoms with Crippen LogP contribution < -0.4 is 10.5 Å². The van der Waals surface area contributed by atoms with E-state index in [9.17, 15) is 18.5 Å². The van der Waals surface area contributed by atoms with Crippen LogP contribution in [0.25, 0.3) is 0 Å². The number of nitro groups is 1. The minimum absolute atomic E-state index is 0.00523. The number of anilines is 2. The molecule has 1 heterocycles. The molecule has 2 rings (SSSR count). The average Bonchev–Trinajstić information content (AvgIpc) is 2.40. The Morgan fingerprint density at radius 3 is 2.67 bits per heavy atom. The molecular formula is C11H9ClN4O4S. The van der Waals surface area contributed by atoms with Gasteiger partial charge in [-0.25, -0.2) is 13.4 Å². The van der Waals surface area contributed by atoms with Crippen LogP contribution in [0.2, 0.25) is 5.02 Å². The first kappa shape index (κ1) is 15.0. The standard InChI is InChI=1S/C11H9ClN4O4S/c12-8-4-3-7(6-9(8)16(17)18)15-21(19,20)10-2-1-5-14-11(10)13/h1-6,15H,(H2,13,14). The quantitative estimate of drug-likeness (QED) is 0.652. The number of benzene rings is 1. The maximum absolute atomic E-state index is 12.2. The minimum atomic E-state index is -4.00. The van der Waals surface area contributed by atoms with E-state index in [1.165, 1.54) is 30.5 Å². The van der Waals surface area contributed by atoms with Crippen molar-refractivity contribution in [2.45, 2.75) is 4.90 Å². The molecule has 0 aliphatic heterocycles. The molecule has 0 aliphatic carbocycles. The number of halogens is 1. The van der Waals surface area contributed by atoms with E-state index in [-0.39, 0.29) is 21.4 Å². The maximum atomic E-state index is 12.2. The van der Waals surface area contributed by atoms with Gasteiger partial charge in [-0.15, -0.1) is 0 Å². The van der Waals surface area contributed by atoms with Gasteiger partial charge >= 0.3 is 0 Å². The molecule has 0 unspecified atom stereocenters. The van der Waals surface area contributed by atoms with Gasteiger partial charge < -0.3 is 5.73 Å². The van der Waals surface area contributed by atoms with Crippen molar-refractivity contribution in [3.05, 3.63) is 51.7 Å². The number of nitro benzene ring substituents is 1. The Morgan fingerprint density at radius 2 is 2.05 bits per heavy atom. The van der Waals surface area contributed by atoms with Crippen LogP contribution in [0.5, 0.6) is 0 Å². The van der Waals surface area contributed by atoms with Gasteiger partial charge in [0.2, 0.25) is 0 Å². The lowest BCUT2D eigenvalue weighted by Crippen LogP contribution is -2.15. The average molecular weight is 329 g/mol. The number of sulfonamides is 1. The first-order valence-corrected chi connectivity index (χ1v) is 7.34. The van der Waals surface area contributed by atoms with E-state index >= 15 is 0 Å². The number of pyridine rings is 1. The molecule has 2 aromatic rings. The molecule has 0 aliphatic rings. The summed E-state index contributed by atoms with van der Waals surface area (Å²) in [7, 11) is -4.00. The number of hydrogen-bond donors (Lipinski definition) is 2. The smallest absolute Gasteiger partial charge is 0.289 e. The van der Waals surface area contributed by atoms with Gasteiger partial charge in [0, 0.05) is 12.3 Å². The van der Waals surface area contributed by atoms with Gasteiger partial charge in [-0.05, 0) is 24.3 Å². The predicted molar refractivity (Wildman–Crippen MR) is 77.6 cm³/mol. The molecule has 21 heavy (non-hydrogen) atoms. The molecule has 0 atom stereocenters. The zero-order valence-electron chi connectivity index (χ0n) is 10.4. The fourth-order valence-electron chi connectivity index (χ4n) is 1.56. The summed E-state index contributed by atoms with van der Waals surface area (Å²) in [6.07, 6.45) is 1.35. The zero-order valence-corrected chi connectivity index (χ0v) is 11.9. The molecule has 0 spiro atoms. The lowest BCUT2D eigenvalue weighted by molar-refractivity contribution is -0.384. The lowest BCUT2D eigenvalue weighted by Gasteiger charge is -2.09. The predicted octanol–water partition coefficient (Wildman–Crippen LogP) is 2.03. The van der Waals surface area contributed by atoms with Gasteiger partial charge in [0.15, 0.2) is 0 Å². The molecule has 8 nitrogen and oxygen atoms in total. The van der Waals surface area contributed by atoms with Gasteiger partial charge in [-0.2, -0.15) is 0 Å². The highest BCUT2D eigenvalue weighted by atomic mass is 35.5. The fraction of sp³-hybridized carbons (Fsp3) is 0. The van der Waals surface area contributed by atoms with E-state index in [0.717, 1.165) is 6.07 Å². The molecule has 0 saturated heterocycles. The third kappa shape index (κ3) is 3.20. The highest BCUT2D eigenvalue weighted by molar-refractivity contribution is 7.92. The summed E-state index contributed by atoms with van der Waals surface area (Å²) in [6, 6.07) is 6.24. The van der Waals surface area contributed by atoms with E-state index in [1.807, 2.05) is 0 Å². The van der Waals surface area contributed by atoms with E-state index in [4.69, 9.17) is 17.3 Å². The van der Waals surface area contributed by atoms with E-state index in [2.05, 4.69) is 9.71 Å². The second kappa shape index (κ2) is 5.54. The highest BCUT2D eigenvalue weighted by Gasteiger charge is 2.20. The number of nitrogens with zero attached hydrogens (tertiary/aromatic N) is 2. The molecule has 1 aromatic heterocycles. The Hall–Kier alpha value is -2.39. The summed E-state index contributed by atoms with van der Waals surface area (Å²) in [4.78, 5) is 13.5. The van der Waals surface area contributed by atoms with Crippen molar-refractivity contribution in [3.8, 4) is 0 Å². The second-order valence-corrected chi connectivity index (χ2v) is 5.97. The van der Waals surface area contributed by atoms with Crippen LogP contribution in [0.3, 0.4) is 0 Å². The van der Waals surface area contributed by atoms with Crippen molar-refractivity contribution < 1.29 is 13.3 Å². The molecule has 0 saturated carbocycles. The summed E-state index contributed by atoms with van der Waals surface area (Å²) >= 11 is 5.66. The van der Waals surface area contributed by atoms with Crippen LogP contribution in [0, 0.1) is 10.1 Å². The number of nitrogens with two attached hydrogens (primary N) is 1. The van der Waals surface area contributed by atoms with Crippen molar-refractivity contribution in [1.82, 2.24) is 4.98 Å². The van der Waals surface area contributed by atoms with E-state index in [1.54, 1.807) is 0 Å². The molecule has 110 valence electrons. The molecule has 0 bridgehead atoms. The number of nitrogens with one attached hydrogen (secondary N) is 1. The van der Waals surface area contributed by atoms with Crippen LogP contribution in [0.15, 0.2) is 41.4 Å². The van der Waals surface area contributed by atoms with Crippen molar-refractivity contribution in [2.75, 3.05) is 10.5 Å². The maximum Gasteiger partial charge on any atom is 0.289 e. The minimum Gasteiger partial charge on any atom is -0.383 e. The Balaban J connectivity index is 2.40. The van der Waals surface area contributed by atoms with Gasteiger partial charge in [0.25, 0.3) is 15.7 Å². The third-order valence-corrected chi connectivity index (χ3v) is 4.23. The molecule has 0 radical (unpaired) electrons. The summed E-state index contributed by atoms with van der Waals surface area (Å²) in [5.41, 5.74) is 5.09. The Labute approximate surface area is 124 Å². The van der Waals surface area contributed by atoms with Gasteiger partial charge in [0.05, 0.1) is 10.6 Å². The highest BCUT2D eigenvalue weighted by Crippen LogP contribution is 2.29. The van der Waals surface area contributed by atoms with Crippen molar-refractivity contribution in [2.24, 2.45) is 0 Å². The molecule has 3 N–H and O–H groups in total. The molecule has 1 aromatic carbocycles. The van der Waals surface area contributed by atoms with Crippen molar-refractivity contribution >= 4 is 38.8 Å². The largest absolute Gasteiger partial charge is 0.383 e. The normalized spacial score (nSPS) is 11.1. The number of rotatable bonds is 4. The molecule has 10 heteroatoms. The first-order valence-electron chi connectivity index (χ1n) is 5.48. The fourth-order valence-corrected chi connectivity index (χ4v) is 2.88. The third-order valence-electron chi connectivity index (χ3n) is 2.48. The zero-order chi connectivity index (χ0) is 15.6. The van der Waals surface area contributed by atoms with Crippen LogP contribution in [-0.2, 0) is 10.0 Å². The van der Waals surface area contributed by atoms with Crippen LogP contribution >= 0.6 is 11.6 Å². The van der Waals surface area contributed by atoms with E-state index in [0.29, 0.717) is 0 Å². The van der Waals surface area contributed by atoms with E-state index < -0.39 is 20.6 Å². The lowest BCUT2D eigenvalue weighted by atomic mass is 10.3. The van der Waals surface area contributed by atoms with Crippen LogP contribution in [-0.4, -0.2) is 18.3 Å². The first-order chi connectivity index (χ1) is 9.81. The van der Waals surface area contributed by atoms with Gasteiger partial charge in [0.1, 0.15) is 15.7 Å². The summed E-state index contributed by atoms with van der Waals surface area (Å²) in [5, 5.41) is 10.7. The number of hydrogen-bond acceptors (Lipinski definition) is 6. The second-order valence-electron chi connectivity index (χ2n) is 3.92. The van der Waals surface area contributed by atoms with Crippen LogP contribution in [0.1, 0.15) is 0 Å².